The summed E-state index contributed by atoms with van der Waals surface area (Å²) in [5.41, 5.74) is 0. The fourth-order valence-corrected chi connectivity index (χ4v) is 2.13. The molecule has 0 spiro atoms. The molecule has 0 radical (unpaired) electrons. The molecule has 90 valence electrons. The van der Waals surface area contributed by atoms with E-state index in [4.69, 9.17) is 9.84 Å². The number of carboxylic acids is 1. The Labute approximate surface area is 99.5 Å². The van der Waals surface area contributed by atoms with Crippen LogP contribution in [0.3, 0.4) is 0 Å². The number of hydrogen-bond acceptors (Lipinski definition) is 3. The lowest BCUT2D eigenvalue weighted by atomic mass is 10.2. The molecule has 0 bridgehead atoms. The molecule has 1 amide bonds. The Bertz CT molecular complexity index is 331. The molecule has 0 unspecified atom stereocenters. The van der Waals surface area contributed by atoms with E-state index in [-0.39, 0.29) is 18.4 Å². The van der Waals surface area contributed by atoms with Crippen molar-refractivity contribution < 1.29 is 19.4 Å². The number of fused-ring (bicyclic) bond motifs is 1. The van der Waals surface area contributed by atoms with E-state index >= 15 is 0 Å². The molecular formula is C10H14ClNO4. The maximum atomic E-state index is 11.5. The molecule has 1 aliphatic carbocycles. The van der Waals surface area contributed by atoms with Crippen LogP contribution in [0.1, 0.15) is 19.8 Å². The van der Waals surface area contributed by atoms with E-state index in [9.17, 15) is 9.59 Å². The van der Waals surface area contributed by atoms with Crippen LogP contribution in [-0.4, -0.2) is 34.2 Å². The van der Waals surface area contributed by atoms with Crippen molar-refractivity contribution in [3.05, 3.63) is 12.3 Å². The third-order valence-corrected chi connectivity index (χ3v) is 2.91. The molecule has 3 atom stereocenters. The first-order valence-corrected chi connectivity index (χ1v) is 4.98. The quantitative estimate of drug-likeness (QED) is 0.753. The Morgan fingerprint density at radius 2 is 2.12 bits per heavy atom. The second-order valence-corrected chi connectivity index (χ2v) is 3.91. The van der Waals surface area contributed by atoms with Crippen LogP contribution < -0.4 is 0 Å². The minimum atomic E-state index is -0.945. The number of carboxylic acid groups (broad SMARTS) is 1. The summed E-state index contributed by atoms with van der Waals surface area (Å²) < 4.78 is 4.80. The van der Waals surface area contributed by atoms with Crippen molar-refractivity contribution in [2.45, 2.75) is 31.8 Å². The summed E-state index contributed by atoms with van der Waals surface area (Å²) >= 11 is 0. The van der Waals surface area contributed by atoms with Gasteiger partial charge in [0.2, 0.25) is 0 Å². The van der Waals surface area contributed by atoms with E-state index < -0.39 is 18.1 Å². The van der Waals surface area contributed by atoms with Gasteiger partial charge in [-0.3, -0.25) is 4.90 Å². The van der Waals surface area contributed by atoms with Gasteiger partial charge in [0.15, 0.2) is 0 Å². The van der Waals surface area contributed by atoms with E-state index in [2.05, 4.69) is 0 Å². The highest BCUT2D eigenvalue weighted by Gasteiger charge is 2.56. The number of halogens is 1. The summed E-state index contributed by atoms with van der Waals surface area (Å²) in [7, 11) is 0. The summed E-state index contributed by atoms with van der Waals surface area (Å²) in [6, 6.07) is -0.615. The average Bonchev–Trinajstić information content (AvgIpc) is 2.86. The van der Waals surface area contributed by atoms with E-state index in [0.29, 0.717) is 12.3 Å². The number of likely N-dealkylation sites (tertiary alicyclic amines) is 1. The van der Waals surface area contributed by atoms with Gasteiger partial charge in [-0.1, -0.05) is 6.08 Å². The van der Waals surface area contributed by atoms with Gasteiger partial charge in [-0.25, -0.2) is 9.59 Å². The Morgan fingerprint density at radius 1 is 1.44 bits per heavy atom. The number of nitrogens with zero attached hydrogens (tertiary/aromatic N) is 1. The Kier molecular flexibility index (Phi) is 3.80. The molecule has 0 aromatic heterocycles. The third-order valence-electron chi connectivity index (χ3n) is 2.91. The number of amides is 1. The van der Waals surface area contributed by atoms with E-state index in [1.54, 1.807) is 13.0 Å². The highest BCUT2D eigenvalue weighted by atomic mass is 35.5. The molecule has 16 heavy (non-hydrogen) atoms. The lowest BCUT2D eigenvalue weighted by Gasteiger charge is -2.22. The topological polar surface area (TPSA) is 66.8 Å². The molecule has 2 fully saturated rings. The molecule has 2 aliphatic rings. The summed E-state index contributed by atoms with van der Waals surface area (Å²) in [5, 5.41) is 8.93. The van der Waals surface area contributed by atoms with Crippen molar-refractivity contribution in [1.29, 1.82) is 0 Å². The highest BCUT2D eigenvalue weighted by molar-refractivity contribution is 5.85. The SMILES string of the molecule is CC=COC(=O)N1[C@@H]2C[C@@H]2C[C@H]1C(=O)O.Cl. The van der Waals surface area contributed by atoms with Crippen LogP contribution in [0.25, 0.3) is 0 Å². The van der Waals surface area contributed by atoms with Crippen LogP contribution in [0.5, 0.6) is 0 Å². The van der Waals surface area contributed by atoms with Gasteiger partial charge in [-0.05, 0) is 25.7 Å². The van der Waals surface area contributed by atoms with Gasteiger partial charge >= 0.3 is 12.1 Å². The molecule has 1 aliphatic heterocycles. The number of hydrogen-bond donors (Lipinski definition) is 1. The van der Waals surface area contributed by atoms with Gasteiger partial charge in [0.1, 0.15) is 6.04 Å². The van der Waals surface area contributed by atoms with Crippen molar-refractivity contribution in [2.24, 2.45) is 5.92 Å². The zero-order valence-electron chi connectivity index (χ0n) is 8.83. The normalized spacial score (nSPS) is 30.8. The molecular weight excluding hydrogens is 234 g/mol. The predicted octanol–water partition coefficient (Wildman–Crippen LogP) is 1.63. The molecule has 5 nitrogen and oxygen atoms in total. The number of carbonyl (C=O) groups excluding carboxylic acids is 1. The van der Waals surface area contributed by atoms with Crippen molar-refractivity contribution in [1.82, 2.24) is 4.90 Å². The monoisotopic (exact) mass is 247 g/mol. The Balaban J connectivity index is 0.00000128. The van der Waals surface area contributed by atoms with Crippen molar-refractivity contribution in [2.75, 3.05) is 0 Å². The van der Waals surface area contributed by atoms with E-state index in [0.717, 1.165) is 6.42 Å². The van der Waals surface area contributed by atoms with Crippen LogP contribution in [0.4, 0.5) is 4.79 Å². The van der Waals surface area contributed by atoms with Crippen molar-refractivity contribution >= 4 is 24.5 Å². The maximum Gasteiger partial charge on any atom is 0.415 e. The smallest absolute Gasteiger partial charge is 0.415 e. The fraction of sp³-hybridized carbons (Fsp3) is 0.600. The fourth-order valence-electron chi connectivity index (χ4n) is 2.13. The van der Waals surface area contributed by atoms with Crippen molar-refractivity contribution in [3.8, 4) is 0 Å². The predicted molar refractivity (Wildman–Crippen MR) is 58.3 cm³/mol. The number of aliphatic carboxylic acids is 1. The zero-order chi connectivity index (χ0) is 11.0. The van der Waals surface area contributed by atoms with Gasteiger partial charge in [0.25, 0.3) is 0 Å². The third kappa shape index (κ3) is 2.14. The standard InChI is InChI=1S/C10H13NO4.ClH/c1-2-3-15-10(14)11-7-4-6(7)5-8(11)9(12)13;/h2-3,6-8H,4-5H2,1H3,(H,12,13);1H/t6-,7-,8+;/m1./s1. The van der Waals surface area contributed by atoms with Crippen LogP contribution in [-0.2, 0) is 9.53 Å². The molecule has 1 heterocycles. The van der Waals surface area contributed by atoms with Gasteiger partial charge in [-0.15, -0.1) is 12.4 Å². The van der Waals surface area contributed by atoms with Gasteiger partial charge in [-0.2, -0.15) is 0 Å². The summed E-state index contributed by atoms with van der Waals surface area (Å²) in [6.07, 6.45) is 3.79. The van der Waals surface area contributed by atoms with Crippen molar-refractivity contribution in [3.63, 3.8) is 0 Å². The lowest BCUT2D eigenvalue weighted by molar-refractivity contribution is -0.142. The number of carbonyl (C=O) groups is 2. The van der Waals surface area contributed by atoms with E-state index in [1.165, 1.54) is 11.2 Å². The summed E-state index contributed by atoms with van der Waals surface area (Å²) in [5.74, 6) is -0.580. The maximum absolute atomic E-state index is 11.5. The van der Waals surface area contributed by atoms with Crippen LogP contribution in [0.15, 0.2) is 12.3 Å². The first-order valence-electron chi connectivity index (χ1n) is 4.98. The molecule has 6 heteroatoms. The second kappa shape index (κ2) is 4.74. The van der Waals surface area contributed by atoms with E-state index in [1.807, 2.05) is 0 Å². The number of piperidine rings is 1. The summed E-state index contributed by atoms with van der Waals surface area (Å²) in [4.78, 5) is 23.8. The minimum absolute atomic E-state index is 0. The van der Waals surface area contributed by atoms with Crippen LogP contribution >= 0.6 is 12.4 Å². The zero-order valence-corrected chi connectivity index (χ0v) is 9.64. The molecule has 1 N–H and O–H groups in total. The summed E-state index contributed by atoms with van der Waals surface area (Å²) in [6.45, 7) is 1.73. The molecule has 2 rings (SSSR count). The van der Waals surface area contributed by atoms with Crippen LogP contribution in [0, 0.1) is 5.92 Å². The minimum Gasteiger partial charge on any atom is -0.480 e. The Morgan fingerprint density at radius 3 is 2.69 bits per heavy atom. The number of rotatable bonds is 2. The number of allylic oxidation sites excluding steroid dienone is 1. The highest BCUT2D eigenvalue weighted by Crippen LogP contribution is 2.48. The first-order chi connectivity index (χ1) is 7.15. The molecule has 1 saturated heterocycles. The lowest BCUT2D eigenvalue weighted by Crippen LogP contribution is -2.42. The van der Waals surface area contributed by atoms with Gasteiger partial charge in [0, 0.05) is 6.04 Å². The van der Waals surface area contributed by atoms with Gasteiger partial charge in [0.05, 0.1) is 6.26 Å². The average molecular weight is 248 g/mol. The first kappa shape index (κ1) is 12.8. The van der Waals surface area contributed by atoms with Gasteiger partial charge < -0.3 is 9.84 Å². The molecule has 1 saturated carbocycles. The molecule has 0 aromatic rings. The Hall–Kier alpha value is -1.23. The van der Waals surface area contributed by atoms with Crippen LogP contribution in [0.2, 0.25) is 0 Å². The number of ether oxygens (including phenoxy) is 1. The molecule has 0 aromatic carbocycles. The second-order valence-electron chi connectivity index (χ2n) is 3.91. The largest absolute Gasteiger partial charge is 0.480 e.